The van der Waals surface area contributed by atoms with Crippen LogP contribution in [-0.4, -0.2) is 27.9 Å². The van der Waals surface area contributed by atoms with Gasteiger partial charge in [0.05, 0.1) is 6.61 Å². The van der Waals surface area contributed by atoms with Crippen LogP contribution in [0.2, 0.25) is 0 Å². The van der Waals surface area contributed by atoms with Crippen molar-refractivity contribution in [1.82, 2.24) is 10.2 Å². The second-order valence-corrected chi connectivity index (χ2v) is 3.49. The lowest BCUT2D eigenvalue weighted by Crippen LogP contribution is -2.07. The molecule has 1 aliphatic carbocycles. The minimum Gasteiger partial charge on any atom is -0.492 e. The summed E-state index contributed by atoms with van der Waals surface area (Å²) in [6.45, 7) is 2.36. The van der Waals surface area contributed by atoms with Crippen molar-refractivity contribution in [3.8, 4) is 5.75 Å². The normalized spacial score (nSPS) is 15.0. The first-order valence-corrected chi connectivity index (χ1v) is 4.96. The SMILES string of the molecule is CCOc1cc(C(=O)O)nnc1C1CC1. The maximum absolute atomic E-state index is 10.7. The fourth-order valence-corrected chi connectivity index (χ4v) is 1.40. The number of carboxylic acids is 1. The second-order valence-electron chi connectivity index (χ2n) is 3.49. The minimum absolute atomic E-state index is 0.0668. The molecule has 1 aromatic rings. The summed E-state index contributed by atoms with van der Waals surface area (Å²) in [5, 5.41) is 16.3. The highest BCUT2D eigenvalue weighted by Crippen LogP contribution is 2.42. The summed E-state index contributed by atoms with van der Waals surface area (Å²) in [5.74, 6) is -0.111. The molecule has 0 atom stereocenters. The van der Waals surface area contributed by atoms with E-state index < -0.39 is 5.97 Å². The van der Waals surface area contributed by atoms with Gasteiger partial charge in [0.25, 0.3) is 0 Å². The lowest BCUT2D eigenvalue weighted by molar-refractivity contribution is 0.0688. The number of rotatable bonds is 4. The Morgan fingerprint density at radius 2 is 2.33 bits per heavy atom. The summed E-state index contributed by atoms with van der Waals surface area (Å²) in [5.41, 5.74) is 0.727. The van der Waals surface area contributed by atoms with Gasteiger partial charge in [0.2, 0.25) is 0 Å². The fraction of sp³-hybridized carbons (Fsp3) is 0.500. The molecule has 1 aromatic heterocycles. The molecule has 1 saturated carbocycles. The first kappa shape index (κ1) is 9.89. The number of carbonyl (C=O) groups is 1. The molecule has 0 aromatic carbocycles. The van der Waals surface area contributed by atoms with Gasteiger partial charge >= 0.3 is 5.97 Å². The van der Waals surface area contributed by atoms with Crippen molar-refractivity contribution >= 4 is 5.97 Å². The molecule has 2 rings (SSSR count). The zero-order valence-corrected chi connectivity index (χ0v) is 8.43. The Balaban J connectivity index is 2.34. The highest BCUT2D eigenvalue weighted by atomic mass is 16.5. The first-order chi connectivity index (χ1) is 7.22. The van der Waals surface area contributed by atoms with Crippen LogP contribution in [-0.2, 0) is 0 Å². The molecule has 80 valence electrons. The van der Waals surface area contributed by atoms with E-state index in [1.54, 1.807) is 0 Å². The smallest absolute Gasteiger partial charge is 0.356 e. The van der Waals surface area contributed by atoms with Crippen molar-refractivity contribution in [2.24, 2.45) is 0 Å². The highest BCUT2D eigenvalue weighted by Gasteiger charge is 2.29. The predicted octanol–water partition coefficient (Wildman–Crippen LogP) is 1.45. The van der Waals surface area contributed by atoms with Gasteiger partial charge in [-0.3, -0.25) is 0 Å². The molecule has 0 radical (unpaired) electrons. The Morgan fingerprint density at radius 3 is 2.87 bits per heavy atom. The summed E-state index contributed by atoms with van der Waals surface area (Å²) >= 11 is 0. The monoisotopic (exact) mass is 208 g/mol. The first-order valence-electron chi connectivity index (χ1n) is 4.96. The van der Waals surface area contributed by atoms with Crippen LogP contribution >= 0.6 is 0 Å². The number of hydrogen-bond acceptors (Lipinski definition) is 4. The second kappa shape index (κ2) is 3.84. The number of ether oxygens (including phenoxy) is 1. The molecular weight excluding hydrogens is 196 g/mol. The largest absolute Gasteiger partial charge is 0.492 e. The zero-order chi connectivity index (χ0) is 10.8. The number of aromatic nitrogens is 2. The molecule has 0 unspecified atom stereocenters. The van der Waals surface area contributed by atoms with Crippen LogP contribution in [0.25, 0.3) is 0 Å². The third kappa shape index (κ3) is 2.06. The lowest BCUT2D eigenvalue weighted by atomic mass is 10.2. The van der Waals surface area contributed by atoms with E-state index >= 15 is 0 Å². The maximum Gasteiger partial charge on any atom is 0.356 e. The van der Waals surface area contributed by atoms with Crippen LogP contribution in [0, 0.1) is 0 Å². The van der Waals surface area contributed by atoms with E-state index in [0.29, 0.717) is 18.3 Å². The van der Waals surface area contributed by atoms with Crippen molar-refractivity contribution in [2.75, 3.05) is 6.61 Å². The average molecular weight is 208 g/mol. The van der Waals surface area contributed by atoms with Gasteiger partial charge in [-0.25, -0.2) is 4.79 Å². The summed E-state index contributed by atoms with van der Waals surface area (Å²) in [7, 11) is 0. The van der Waals surface area contributed by atoms with E-state index in [9.17, 15) is 4.79 Å². The topological polar surface area (TPSA) is 72.3 Å². The Hall–Kier alpha value is -1.65. The highest BCUT2D eigenvalue weighted by molar-refractivity contribution is 5.85. The van der Waals surface area contributed by atoms with Crippen molar-refractivity contribution in [3.63, 3.8) is 0 Å². The zero-order valence-electron chi connectivity index (χ0n) is 8.43. The number of nitrogens with zero attached hydrogens (tertiary/aromatic N) is 2. The number of aromatic carboxylic acids is 1. The summed E-state index contributed by atoms with van der Waals surface area (Å²) in [6.07, 6.45) is 2.17. The average Bonchev–Trinajstić information content (AvgIpc) is 3.01. The van der Waals surface area contributed by atoms with Crippen LogP contribution in [0.3, 0.4) is 0 Å². The summed E-state index contributed by atoms with van der Waals surface area (Å²) in [6, 6.07) is 1.45. The van der Waals surface area contributed by atoms with Crippen molar-refractivity contribution in [1.29, 1.82) is 0 Å². The molecule has 15 heavy (non-hydrogen) atoms. The van der Waals surface area contributed by atoms with E-state index in [-0.39, 0.29) is 5.69 Å². The van der Waals surface area contributed by atoms with E-state index in [1.807, 2.05) is 6.92 Å². The Labute approximate surface area is 87.1 Å². The van der Waals surface area contributed by atoms with Crippen LogP contribution in [0.1, 0.15) is 41.9 Å². The molecule has 0 aliphatic heterocycles. The van der Waals surface area contributed by atoms with Crippen LogP contribution < -0.4 is 4.74 Å². The molecule has 1 fully saturated rings. The third-order valence-corrected chi connectivity index (χ3v) is 2.27. The van der Waals surface area contributed by atoms with Crippen LogP contribution in [0.4, 0.5) is 0 Å². The van der Waals surface area contributed by atoms with E-state index in [1.165, 1.54) is 6.07 Å². The Bertz CT molecular complexity index is 388. The molecule has 1 N–H and O–H groups in total. The molecule has 0 bridgehead atoms. The Kier molecular flexibility index (Phi) is 2.53. The van der Waals surface area contributed by atoms with Gasteiger partial charge in [-0.1, -0.05) is 0 Å². The molecule has 1 aliphatic rings. The van der Waals surface area contributed by atoms with Gasteiger partial charge in [0, 0.05) is 12.0 Å². The van der Waals surface area contributed by atoms with Crippen molar-refractivity contribution < 1.29 is 14.6 Å². The predicted molar refractivity (Wildman–Crippen MR) is 52.1 cm³/mol. The summed E-state index contributed by atoms with van der Waals surface area (Å²) in [4.78, 5) is 10.7. The van der Waals surface area contributed by atoms with Gasteiger partial charge in [-0.15, -0.1) is 5.10 Å². The van der Waals surface area contributed by atoms with Gasteiger partial charge in [-0.2, -0.15) is 5.10 Å². The maximum atomic E-state index is 10.7. The van der Waals surface area contributed by atoms with Gasteiger partial charge < -0.3 is 9.84 Å². The molecule has 0 amide bonds. The number of hydrogen-bond donors (Lipinski definition) is 1. The van der Waals surface area contributed by atoms with Crippen LogP contribution in [0.15, 0.2) is 6.07 Å². The minimum atomic E-state index is -1.08. The Morgan fingerprint density at radius 1 is 1.60 bits per heavy atom. The fourth-order valence-electron chi connectivity index (χ4n) is 1.40. The van der Waals surface area contributed by atoms with Gasteiger partial charge in [0.15, 0.2) is 5.69 Å². The van der Waals surface area contributed by atoms with E-state index in [2.05, 4.69) is 10.2 Å². The van der Waals surface area contributed by atoms with E-state index in [4.69, 9.17) is 9.84 Å². The van der Waals surface area contributed by atoms with Crippen LogP contribution in [0.5, 0.6) is 5.75 Å². The van der Waals surface area contributed by atoms with Crippen molar-refractivity contribution in [3.05, 3.63) is 17.5 Å². The molecule has 1 heterocycles. The van der Waals surface area contributed by atoms with Crippen molar-refractivity contribution in [2.45, 2.75) is 25.7 Å². The number of carboxylic acid groups (broad SMARTS) is 1. The molecule has 0 saturated heterocycles. The molecule has 0 spiro atoms. The third-order valence-electron chi connectivity index (χ3n) is 2.27. The lowest BCUT2D eigenvalue weighted by Gasteiger charge is -2.07. The summed E-state index contributed by atoms with van der Waals surface area (Å²) < 4.78 is 5.36. The van der Waals surface area contributed by atoms with Gasteiger partial charge in [0.1, 0.15) is 11.4 Å². The molecule has 5 heteroatoms. The van der Waals surface area contributed by atoms with Gasteiger partial charge in [-0.05, 0) is 19.8 Å². The standard InChI is InChI=1S/C10H12N2O3/c1-2-15-8-5-7(10(13)14)11-12-9(8)6-3-4-6/h5-6H,2-4H2,1H3,(H,13,14). The quantitative estimate of drug-likeness (QED) is 0.810. The molecular formula is C10H12N2O3. The van der Waals surface area contributed by atoms with E-state index in [0.717, 1.165) is 18.5 Å². The molecule has 5 nitrogen and oxygen atoms in total.